The molecule has 0 aromatic heterocycles. The van der Waals surface area contributed by atoms with E-state index in [9.17, 15) is 0 Å². The molecule has 0 bridgehead atoms. The van der Waals surface area contributed by atoms with E-state index in [2.05, 4.69) is 49.2 Å². The fourth-order valence-electron chi connectivity index (χ4n) is 2.52. The lowest BCUT2D eigenvalue weighted by molar-refractivity contribution is 0.630. The highest BCUT2D eigenvalue weighted by atomic mass is 15.2. The maximum atomic E-state index is 3.48. The van der Waals surface area contributed by atoms with Crippen molar-refractivity contribution in [2.45, 2.75) is 33.2 Å². The molecule has 1 N–H and O–H groups in total. The zero-order chi connectivity index (χ0) is 11.5. The number of hydrogen-bond donors (Lipinski definition) is 1. The summed E-state index contributed by atoms with van der Waals surface area (Å²) >= 11 is 0. The molecule has 1 aromatic carbocycles. The van der Waals surface area contributed by atoms with E-state index in [1.165, 1.54) is 23.2 Å². The van der Waals surface area contributed by atoms with Gasteiger partial charge in [0, 0.05) is 24.8 Å². The fourth-order valence-corrected chi connectivity index (χ4v) is 2.52. The standard InChI is InChI=1S/C14H22N2/c1-11-7-12(2)9-14(8-11)16-6-4-5-15-10-13(16)3/h7-9,13,15H,4-6,10H2,1-3H3. The SMILES string of the molecule is Cc1cc(C)cc(N2CCCNCC2C)c1. The van der Waals surface area contributed by atoms with Gasteiger partial charge in [0.2, 0.25) is 0 Å². The minimum Gasteiger partial charge on any atom is -0.367 e. The molecule has 16 heavy (non-hydrogen) atoms. The molecule has 1 unspecified atom stereocenters. The Morgan fingerprint density at radius 1 is 1.19 bits per heavy atom. The molecule has 1 fully saturated rings. The fraction of sp³-hybridized carbons (Fsp3) is 0.571. The minimum absolute atomic E-state index is 0.587. The van der Waals surface area contributed by atoms with Crippen LogP contribution in [0.25, 0.3) is 0 Å². The third-order valence-electron chi connectivity index (χ3n) is 3.26. The summed E-state index contributed by atoms with van der Waals surface area (Å²) in [7, 11) is 0. The molecule has 1 aromatic rings. The minimum atomic E-state index is 0.587. The van der Waals surface area contributed by atoms with Crippen molar-refractivity contribution in [3.05, 3.63) is 29.3 Å². The molecule has 2 heteroatoms. The Kier molecular flexibility index (Phi) is 3.49. The molecule has 2 rings (SSSR count). The lowest BCUT2D eigenvalue weighted by Crippen LogP contribution is -2.37. The average molecular weight is 218 g/mol. The van der Waals surface area contributed by atoms with Gasteiger partial charge in [0.1, 0.15) is 0 Å². The van der Waals surface area contributed by atoms with Crippen molar-refractivity contribution in [1.82, 2.24) is 5.32 Å². The van der Waals surface area contributed by atoms with Crippen LogP contribution in [0, 0.1) is 13.8 Å². The molecule has 1 aliphatic rings. The second-order valence-electron chi connectivity index (χ2n) is 4.95. The molecule has 1 saturated heterocycles. The molecule has 1 heterocycles. The smallest absolute Gasteiger partial charge is 0.0386 e. The van der Waals surface area contributed by atoms with Gasteiger partial charge in [-0.2, -0.15) is 0 Å². The highest BCUT2D eigenvalue weighted by Crippen LogP contribution is 2.21. The molecule has 0 amide bonds. The molecule has 1 atom stereocenters. The van der Waals surface area contributed by atoms with Crippen LogP contribution < -0.4 is 10.2 Å². The van der Waals surface area contributed by atoms with E-state index < -0.39 is 0 Å². The summed E-state index contributed by atoms with van der Waals surface area (Å²) in [5.74, 6) is 0. The number of anilines is 1. The number of nitrogens with one attached hydrogen (secondary N) is 1. The van der Waals surface area contributed by atoms with Gasteiger partial charge in [0.15, 0.2) is 0 Å². The van der Waals surface area contributed by atoms with E-state index in [0.29, 0.717) is 6.04 Å². The summed E-state index contributed by atoms with van der Waals surface area (Å²) in [6.45, 7) is 10.1. The van der Waals surface area contributed by atoms with E-state index in [-0.39, 0.29) is 0 Å². The Morgan fingerprint density at radius 3 is 2.56 bits per heavy atom. The van der Waals surface area contributed by atoms with Gasteiger partial charge in [0.25, 0.3) is 0 Å². The van der Waals surface area contributed by atoms with Crippen molar-refractivity contribution >= 4 is 5.69 Å². The topological polar surface area (TPSA) is 15.3 Å². The van der Waals surface area contributed by atoms with Crippen LogP contribution in [0.4, 0.5) is 5.69 Å². The molecular formula is C14H22N2. The van der Waals surface area contributed by atoms with Crippen molar-refractivity contribution in [3.63, 3.8) is 0 Å². The van der Waals surface area contributed by atoms with Crippen LogP contribution >= 0.6 is 0 Å². The number of rotatable bonds is 1. The first kappa shape index (κ1) is 11.5. The van der Waals surface area contributed by atoms with Crippen LogP contribution in [0.15, 0.2) is 18.2 Å². The predicted molar refractivity (Wildman–Crippen MR) is 70.2 cm³/mol. The number of nitrogens with zero attached hydrogens (tertiary/aromatic N) is 1. The van der Waals surface area contributed by atoms with Gasteiger partial charge in [-0.25, -0.2) is 0 Å². The van der Waals surface area contributed by atoms with E-state index >= 15 is 0 Å². The van der Waals surface area contributed by atoms with Gasteiger partial charge in [-0.15, -0.1) is 0 Å². The highest BCUT2D eigenvalue weighted by Gasteiger charge is 2.17. The molecule has 0 radical (unpaired) electrons. The third-order valence-corrected chi connectivity index (χ3v) is 3.26. The summed E-state index contributed by atoms with van der Waals surface area (Å²) in [5.41, 5.74) is 4.10. The van der Waals surface area contributed by atoms with E-state index in [0.717, 1.165) is 19.6 Å². The lowest BCUT2D eigenvalue weighted by Gasteiger charge is -2.29. The highest BCUT2D eigenvalue weighted by molar-refractivity contribution is 5.51. The summed E-state index contributed by atoms with van der Waals surface area (Å²) in [4.78, 5) is 2.53. The summed E-state index contributed by atoms with van der Waals surface area (Å²) in [6.07, 6.45) is 1.23. The largest absolute Gasteiger partial charge is 0.367 e. The number of benzene rings is 1. The molecule has 2 nitrogen and oxygen atoms in total. The molecule has 88 valence electrons. The Morgan fingerprint density at radius 2 is 1.88 bits per heavy atom. The van der Waals surface area contributed by atoms with Crippen molar-refractivity contribution < 1.29 is 0 Å². The summed E-state index contributed by atoms with van der Waals surface area (Å²) < 4.78 is 0. The van der Waals surface area contributed by atoms with Gasteiger partial charge in [-0.05, 0) is 57.0 Å². The molecule has 0 saturated carbocycles. The maximum Gasteiger partial charge on any atom is 0.0386 e. The second-order valence-corrected chi connectivity index (χ2v) is 4.95. The van der Waals surface area contributed by atoms with Gasteiger partial charge >= 0.3 is 0 Å². The first-order chi connectivity index (χ1) is 7.66. The van der Waals surface area contributed by atoms with Crippen LogP contribution in [0.5, 0.6) is 0 Å². The zero-order valence-electron chi connectivity index (χ0n) is 10.6. The van der Waals surface area contributed by atoms with E-state index in [1.807, 2.05) is 0 Å². The van der Waals surface area contributed by atoms with Gasteiger partial charge in [0.05, 0.1) is 0 Å². The third kappa shape index (κ3) is 2.56. The van der Waals surface area contributed by atoms with Gasteiger partial charge in [-0.3, -0.25) is 0 Å². The second kappa shape index (κ2) is 4.88. The molecule has 0 aliphatic carbocycles. The van der Waals surface area contributed by atoms with Gasteiger partial charge in [-0.1, -0.05) is 6.07 Å². The quantitative estimate of drug-likeness (QED) is 0.779. The molecule has 1 aliphatic heterocycles. The normalized spacial score (nSPS) is 21.9. The Labute approximate surface area is 98.7 Å². The Balaban J connectivity index is 2.26. The van der Waals surface area contributed by atoms with Crippen LogP contribution in [0.2, 0.25) is 0 Å². The zero-order valence-corrected chi connectivity index (χ0v) is 10.6. The monoisotopic (exact) mass is 218 g/mol. The maximum absolute atomic E-state index is 3.48. The van der Waals surface area contributed by atoms with Gasteiger partial charge < -0.3 is 10.2 Å². The van der Waals surface area contributed by atoms with Crippen LogP contribution in [0.3, 0.4) is 0 Å². The van der Waals surface area contributed by atoms with Crippen LogP contribution in [-0.2, 0) is 0 Å². The van der Waals surface area contributed by atoms with Crippen molar-refractivity contribution in [3.8, 4) is 0 Å². The van der Waals surface area contributed by atoms with Crippen molar-refractivity contribution in [2.75, 3.05) is 24.5 Å². The van der Waals surface area contributed by atoms with E-state index in [1.54, 1.807) is 0 Å². The first-order valence-electron chi connectivity index (χ1n) is 6.22. The van der Waals surface area contributed by atoms with Crippen LogP contribution in [0.1, 0.15) is 24.5 Å². The number of hydrogen-bond acceptors (Lipinski definition) is 2. The van der Waals surface area contributed by atoms with E-state index in [4.69, 9.17) is 0 Å². The Bertz CT molecular complexity index is 340. The summed E-state index contributed by atoms with van der Waals surface area (Å²) in [6, 6.07) is 7.43. The Hall–Kier alpha value is -1.02. The van der Waals surface area contributed by atoms with Crippen molar-refractivity contribution in [2.24, 2.45) is 0 Å². The summed E-state index contributed by atoms with van der Waals surface area (Å²) in [5, 5.41) is 3.48. The predicted octanol–water partition coefficient (Wildman–Crippen LogP) is 2.49. The lowest BCUT2D eigenvalue weighted by atomic mass is 10.1. The molecular weight excluding hydrogens is 196 g/mol. The molecule has 0 spiro atoms. The first-order valence-corrected chi connectivity index (χ1v) is 6.22. The van der Waals surface area contributed by atoms with Crippen LogP contribution in [-0.4, -0.2) is 25.7 Å². The van der Waals surface area contributed by atoms with Crippen molar-refractivity contribution in [1.29, 1.82) is 0 Å². The number of aryl methyl sites for hydroxylation is 2. The average Bonchev–Trinajstić information content (AvgIpc) is 2.41.